The van der Waals surface area contributed by atoms with E-state index in [-0.39, 0.29) is 17.4 Å². The van der Waals surface area contributed by atoms with E-state index in [9.17, 15) is 4.79 Å². The molecule has 2 fully saturated rings. The Labute approximate surface area is 183 Å². The van der Waals surface area contributed by atoms with Gasteiger partial charge in [0.2, 0.25) is 0 Å². The van der Waals surface area contributed by atoms with Gasteiger partial charge in [0.1, 0.15) is 5.75 Å². The molecule has 0 aromatic heterocycles. The van der Waals surface area contributed by atoms with Gasteiger partial charge in [-0.25, -0.2) is 0 Å². The molecule has 0 bridgehead atoms. The Morgan fingerprint density at radius 3 is 2.62 bits per heavy atom. The van der Waals surface area contributed by atoms with Crippen LogP contribution in [0.4, 0.5) is 0 Å². The van der Waals surface area contributed by atoms with Crippen molar-refractivity contribution in [1.82, 2.24) is 15.1 Å². The number of amides is 1. The van der Waals surface area contributed by atoms with Crippen LogP contribution >= 0.6 is 15.9 Å². The fourth-order valence-electron chi connectivity index (χ4n) is 5.37. The molecule has 1 saturated heterocycles. The monoisotopic (exact) mass is 463 g/mol. The molecule has 1 N–H and O–H groups in total. The van der Waals surface area contributed by atoms with Crippen LogP contribution in [0.5, 0.6) is 5.75 Å². The number of carbonyl (C=O) groups is 1. The molecular formula is C23H34BrN3O2. The van der Waals surface area contributed by atoms with Crippen molar-refractivity contribution in [3.63, 3.8) is 0 Å². The molecule has 6 heteroatoms. The van der Waals surface area contributed by atoms with Gasteiger partial charge in [0.15, 0.2) is 6.10 Å². The quantitative estimate of drug-likeness (QED) is 0.721. The molecule has 2 aliphatic heterocycles. The van der Waals surface area contributed by atoms with Crippen LogP contribution in [0.25, 0.3) is 0 Å². The third-order valence-electron chi connectivity index (χ3n) is 7.30. The van der Waals surface area contributed by atoms with Crippen molar-refractivity contribution >= 4 is 21.8 Å². The number of halogens is 1. The lowest BCUT2D eigenvalue weighted by molar-refractivity contribution is -0.129. The number of benzene rings is 1. The van der Waals surface area contributed by atoms with Crippen molar-refractivity contribution in [2.24, 2.45) is 0 Å². The second-order valence-corrected chi connectivity index (χ2v) is 9.85. The van der Waals surface area contributed by atoms with E-state index in [0.29, 0.717) is 0 Å². The van der Waals surface area contributed by atoms with Gasteiger partial charge in [-0.05, 0) is 31.5 Å². The highest BCUT2D eigenvalue weighted by Gasteiger charge is 2.41. The van der Waals surface area contributed by atoms with E-state index in [2.05, 4.69) is 51.0 Å². The van der Waals surface area contributed by atoms with Crippen molar-refractivity contribution in [1.29, 1.82) is 0 Å². The number of nitrogens with zero attached hydrogens (tertiary/aromatic N) is 2. The first-order valence-corrected chi connectivity index (χ1v) is 12.0. The Bertz CT molecular complexity index is 727. The number of hydrogen-bond donors (Lipinski definition) is 1. The lowest BCUT2D eigenvalue weighted by Crippen LogP contribution is -2.62. The van der Waals surface area contributed by atoms with Gasteiger partial charge in [0.05, 0.1) is 0 Å². The topological polar surface area (TPSA) is 44.8 Å². The van der Waals surface area contributed by atoms with Crippen LogP contribution in [0.15, 0.2) is 22.7 Å². The van der Waals surface area contributed by atoms with E-state index in [1.807, 2.05) is 12.1 Å². The van der Waals surface area contributed by atoms with Gasteiger partial charge in [-0.1, -0.05) is 55.1 Å². The van der Waals surface area contributed by atoms with Crippen LogP contribution in [0.1, 0.15) is 57.4 Å². The zero-order chi connectivity index (χ0) is 20.4. The van der Waals surface area contributed by atoms with Gasteiger partial charge in [0, 0.05) is 54.2 Å². The highest BCUT2D eigenvalue weighted by molar-refractivity contribution is 9.10. The molecule has 0 spiro atoms. The zero-order valence-corrected chi connectivity index (χ0v) is 19.3. The molecule has 2 heterocycles. The van der Waals surface area contributed by atoms with Gasteiger partial charge < -0.3 is 15.0 Å². The van der Waals surface area contributed by atoms with Crippen LogP contribution < -0.4 is 10.1 Å². The molecule has 1 aromatic rings. The summed E-state index contributed by atoms with van der Waals surface area (Å²) in [5, 5.41) is 3.31. The predicted octanol–water partition coefficient (Wildman–Crippen LogP) is 3.77. The highest BCUT2D eigenvalue weighted by Crippen LogP contribution is 2.40. The van der Waals surface area contributed by atoms with E-state index in [1.165, 1.54) is 32.1 Å². The lowest BCUT2D eigenvalue weighted by atomic mass is 9.79. The summed E-state index contributed by atoms with van der Waals surface area (Å²) >= 11 is 3.50. The van der Waals surface area contributed by atoms with Crippen molar-refractivity contribution < 1.29 is 9.53 Å². The number of likely N-dealkylation sites (N-methyl/N-ethyl adjacent to an activating group) is 1. The van der Waals surface area contributed by atoms with E-state index >= 15 is 0 Å². The smallest absolute Gasteiger partial charge is 0.261 e. The third-order valence-corrected chi connectivity index (χ3v) is 7.79. The first-order chi connectivity index (χ1) is 14.0. The summed E-state index contributed by atoms with van der Waals surface area (Å²) in [7, 11) is 0. The first kappa shape index (κ1) is 21.1. The minimum absolute atomic E-state index is 0.0296. The van der Waals surface area contributed by atoms with Gasteiger partial charge in [0.25, 0.3) is 5.91 Å². The van der Waals surface area contributed by atoms with Crippen LogP contribution in [0, 0.1) is 0 Å². The molecule has 1 amide bonds. The normalized spacial score (nSPS) is 27.3. The molecular weight excluding hydrogens is 430 g/mol. The molecule has 3 aliphatic rings. The Hall–Kier alpha value is -1.11. The maximum Gasteiger partial charge on any atom is 0.261 e. The average Bonchev–Trinajstić information content (AvgIpc) is 3.08. The molecule has 1 saturated carbocycles. The van der Waals surface area contributed by atoms with Crippen LogP contribution in [0.3, 0.4) is 0 Å². The number of rotatable bonds is 5. The lowest BCUT2D eigenvalue weighted by Gasteiger charge is -2.50. The fourth-order valence-corrected chi connectivity index (χ4v) is 5.71. The number of piperazine rings is 1. The minimum Gasteiger partial charge on any atom is -0.480 e. The van der Waals surface area contributed by atoms with Crippen molar-refractivity contribution in [3.05, 3.63) is 28.2 Å². The zero-order valence-electron chi connectivity index (χ0n) is 17.8. The van der Waals surface area contributed by atoms with E-state index in [1.54, 1.807) is 0 Å². The Balaban J connectivity index is 1.41. The van der Waals surface area contributed by atoms with Crippen LogP contribution in [-0.2, 0) is 4.79 Å². The SMILES string of the molecule is CCN1CCN(C2(CNC(=O)C3Oc4cc(Br)ccc4C3C)CCCCC2)CC1. The number of nitrogens with one attached hydrogen (secondary N) is 1. The van der Waals surface area contributed by atoms with Gasteiger partial charge >= 0.3 is 0 Å². The summed E-state index contributed by atoms with van der Waals surface area (Å²) in [6.07, 6.45) is 5.79. The maximum absolute atomic E-state index is 13.1. The Morgan fingerprint density at radius 2 is 1.93 bits per heavy atom. The van der Waals surface area contributed by atoms with Crippen molar-refractivity contribution in [2.75, 3.05) is 39.3 Å². The summed E-state index contributed by atoms with van der Waals surface area (Å²) in [6, 6.07) is 6.05. The number of ether oxygens (including phenoxy) is 1. The summed E-state index contributed by atoms with van der Waals surface area (Å²) in [5.74, 6) is 0.936. The predicted molar refractivity (Wildman–Crippen MR) is 119 cm³/mol. The molecule has 0 radical (unpaired) electrons. The summed E-state index contributed by atoms with van der Waals surface area (Å²) in [6.45, 7) is 10.7. The molecule has 29 heavy (non-hydrogen) atoms. The van der Waals surface area contributed by atoms with Gasteiger partial charge in [-0.2, -0.15) is 0 Å². The standard InChI is InChI=1S/C23H34BrN3O2/c1-3-26-11-13-27(14-12-26)23(9-5-4-6-10-23)16-25-22(28)21-17(2)19-8-7-18(24)15-20(19)29-21/h7-8,15,17,21H,3-6,9-14,16H2,1-2H3,(H,25,28). The Morgan fingerprint density at radius 1 is 1.21 bits per heavy atom. The first-order valence-electron chi connectivity index (χ1n) is 11.2. The molecule has 2 unspecified atom stereocenters. The van der Waals surface area contributed by atoms with E-state index in [0.717, 1.165) is 55.1 Å². The van der Waals surface area contributed by atoms with Crippen molar-refractivity contribution in [2.45, 2.75) is 63.5 Å². The highest BCUT2D eigenvalue weighted by atomic mass is 79.9. The molecule has 2 atom stereocenters. The van der Waals surface area contributed by atoms with E-state index in [4.69, 9.17) is 4.74 Å². The number of hydrogen-bond acceptors (Lipinski definition) is 4. The minimum atomic E-state index is -0.433. The van der Waals surface area contributed by atoms with Crippen LogP contribution in [-0.4, -0.2) is 66.6 Å². The second kappa shape index (κ2) is 8.94. The van der Waals surface area contributed by atoms with Crippen molar-refractivity contribution in [3.8, 4) is 5.75 Å². The number of carbonyl (C=O) groups excluding carboxylic acids is 1. The third kappa shape index (κ3) is 4.35. The molecule has 4 rings (SSSR count). The summed E-state index contributed by atoms with van der Waals surface area (Å²) in [4.78, 5) is 18.3. The molecule has 1 aliphatic carbocycles. The number of fused-ring (bicyclic) bond motifs is 1. The Kier molecular flexibility index (Phi) is 6.52. The molecule has 5 nitrogen and oxygen atoms in total. The fraction of sp³-hybridized carbons (Fsp3) is 0.696. The van der Waals surface area contributed by atoms with E-state index < -0.39 is 6.10 Å². The maximum atomic E-state index is 13.1. The summed E-state index contributed by atoms with van der Waals surface area (Å²) in [5.41, 5.74) is 1.24. The average molecular weight is 464 g/mol. The van der Waals surface area contributed by atoms with Gasteiger partial charge in [-0.3, -0.25) is 9.69 Å². The second-order valence-electron chi connectivity index (χ2n) is 8.93. The van der Waals surface area contributed by atoms with Gasteiger partial charge in [-0.15, -0.1) is 0 Å². The molecule has 1 aromatic carbocycles. The van der Waals surface area contributed by atoms with Crippen LogP contribution in [0.2, 0.25) is 0 Å². The molecule has 160 valence electrons. The summed E-state index contributed by atoms with van der Waals surface area (Å²) < 4.78 is 7.03. The largest absolute Gasteiger partial charge is 0.480 e.